The molecule has 1 saturated heterocycles. The van der Waals surface area contributed by atoms with Gasteiger partial charge in [0.15, 0.2) is 12.4 Å². The Kier molecular flexibility index (Phi) is 10.7. The van der Waals surface area contributed by atoms with Crippen molar-refractivity contribution < 1.29 is 28.5 Å². The molecule has 1 amide bonds. The highest BCUT2D eigenvalue weighted by Gasteiger charge is 2.32. The molecule has 2 unspecified atom stereocenters. The van der Waals surface area contributed by atoms with Gasteiger partial charge in [-0.05, 0) is 31.7 Å². The van der Waals surface area contributed by atoms with Gasteiger partial charge in [0.05, 0.1) is 30.9 Å². The van der Waals surface area contributed by atoms with Crippen LogP contribution < -0.4 is 11.1 Å². The molecule has 216 valence electrons. The van der Waals surface area contributed by atoms with E-state index in [4.69, 9.17) is 24.7 Å². The van der Waals surface area contributed by atoms with Crippen molar-refractivity contribution in [2.75, 3.05) is 64.2 Å². The van der Waals surface area contributed by atoms with E-state index in [9.17, 15) is 9.59 Å². The molecule has 12 heteroatoms. The fourth-order valence-corrected chi connectivity index (χ4v) is 5.36. The van der Waals surface area contributed by atoms with Gasteiger partial charge in [-0.15, -0.1) is 0 Å². The van der Waals surface area contributed by atoms with Crippen LogP contribution in [-0.4, -0.2) is 96.7 Å². The number of amides is 1. The van der Waals surface area contributed by atoms with Crippen LogP contribution in [0.1, 0.15) is 45.4 Å². The second-order valence-corrected chi connectivity index (χ2v) is 10.2. The molecule has 4 rings (SSSR count). The Bertz CT molecular complexity index is 1090. The number of nitrogens with zero attached hydrogens (tertiary/aromatic N) is 4. The molecule has 3 atom stereocenters. The van der Waals surface area contributed by atoms with Crippen molar-refractivity contribution >= 4 is 34.7 Å². The summed E-state index contributed by atoms with van der Waals surface area (Å²) in [5.74, 6) is 0.403. The number of nitrogen functional groups attached to an aromatic ring is 1. The van der Waals surface area contributed by atoms with E-state index in [2.05, 4.69) is 26.8 Å². The normalized spacial score (nSPS) is 21.7. The molecule has 12 nitrogen and oxygen atoms in total. The number of morpholine rings is 1. The van der Waals surface area contributed by atoms with E-state index in [1.165, 1.54) is 0 Å². The number of carbonyl (C=O) groups is 2. The number of rotatable bonds is 13. The van der Waals surface area contributed by atoms with Gasteiger partial charge in [0.25, 0.3) is 5.91 Å². The number of unbranched alkanes of at least 4 members (excludes halogenated alkanes) is 2. The molecule has 2 fully saturated rings. The Morgan fingerprint density at radius 2 is 2.00 bits per heavy atom. The number of ether oxygens (including phenoxy) is 4. The lowest BCUT2D eigenvalue weighted by Crippen LogP contribution is -2.43. The minimum Gasteiger partial charge on any atom is -0.454 e. The Hall–Kier alpha value is -2.96. The molecular formula is C27H42N6O6. The van der Waals surface area contributed by atoms with E-state index in [0.717, 1.165) is 61.9 Å². The molecule has 0 aromatic carbocycles. The zero-order chi connectivity index (χ0) is 27.6. The Balaban J connectivity index is 1.33. The van der Waals surface area contributed by atoms with Gasteiger partial charge in [-0.2, -0.15) is 4.98 Å². The van der Waals surface area contributed by atoms with Gasteiger partial charge in [-0.25, -0.2) is 9.78 Å². The molecule has 39 heavy (non-hydrogen) atoms. The third-order valence-electron chi connectivity index (χ3n) is 7.46. The number of aromatic nitrogens is 3. The predicted molar refractivity (Wildman–Crippen MR) is 146 cm³/mol. The summed E-state index contributed by atoms with van der Waals surface area (Å²) >= 11 is 0. The topological polar surface area (TPSA) is 143 Å². The molecule has 2 aliphatic rings. The minimum atomic E-state index is -0.535. The van der Waals surface area contributed by atoms with Gasteiger partial charge in [0.1, 0.15) is 12.1 Å². The number of hydrogen-bond acceptors (Lipinski definition) is 10. The van der Waals surface area contributed by atoms with Crippen LogP contribution in [0.25, 0.3) is 11.0 Å². The van der Waals surface area contributed by atoms with Crippen molar-refractivity contribution in [1.29, 1.82) is 0 Å². The molecule has 3 heterocycles. The molecule has 0 radical (unpaired) electrons. The Morgan fingerprint density at radius 3 is 2.77 bits per heavy atom. The highest BCUT2D eigenvalue weighted by molar-refractivity contribution is 5.87. The van der Waals surface area contributed by atoms with E-state index in [-0.39, 0.29) is 43.2 Å². The van der Waals surface area contributed by atoms with E-state index < -0.39 is 5.97 Å². The summed E-state index contributed by atoms with van der Waals surface area (Å²) in [7, 11) is 1.74. The molecule has 0 spiro atoms. The highest BCUT2D eigenvalue weighted by Crippen LogP contribution is 2.32. The van der Waals surface area contributed by atoms with Crippen molar-refractivity contribution in [3.8, 4) is 0 Å². The first-order valence-corrected chi connectivity index (χ1v) is 14.0. The third-order valence-corrected chi connectivity index (χ3v) is 7.46. The number of carbonyl (C=O) groups excluding carboxylic acids is 2. The van der Waals surface area contributed by atoms with Crippen molar-refractivity contribution in [2.24, 2.45) is 5.92 Å². The molecule has 0 bridgehead atoms. The lowest BCUT2D eigenvalue weighted by Gasteiger charge is -2.35. The van der Waals surface area contributed by atoms with Crippen LogP contribution in [0.3, 0.4) is 0 Å². The molecule has 1 aliphatic heterocycles. The zero-order valence-corrected chi connectivity index (χ0v) is 23.1. The van der Waals surface area contributed by atoms with Crippen LogP contribution in [0.4, 0.5) is 11.8 Å². The standard InChI is InChI=1S/C27H42N6O6/c1-3-4-5-9-29-26-25-21(30-27(28)31-26)8-10-33(25)16-19-15-20(6-7-22(19)36-2)38-18-24(35)39-17-23(34)32-11-13-37-14-12-32/h8,10,19-20,22H,3-7,9,11-18H2,1-2H3,(H3,28,29,30,31)/t19?,20-,22?/m1/s1. The fourth-order valence-electron chi connectivity index (χ4n) is 5.36. The maximum absolute atomic E-state index is 12.3. The number of nitrogens with one attached hydrogen (secondary N) is 1. The van der Waals surface area contributed by atoms with Gasteiger partial charge in [-0.1, -0.05) is 19.8 Å². The van der Waals surface area contributed by atoms with Gasteiger partial charge >= 0.3 is 5.97 Å². The van der Waals surface area contributed by atoms with Gasteiger partial charge in [-0.3, -0.25) is 4.79 Å². The maximum Gasteiger partial charge on any atom is 0.332 e. The summed E-state index contributed by atoms with van der Waals surface area (Å²) in [4.78, 5) is 35.0. The monoisotopic (exact) mass is 546 g/mol. The first-order valence-electron chi connectivity index (χ1n) is 14.0. The van der Waals surface area contributed by atoms with Crippen molar-refractivity contribution in [3.05, 3.63) is 12.3 Å². The fraction of sp³-hybridized carbons (Fsp3) is 0.704. The van der Waals surface area contributed by atoms with Crippen molar-refractivity contribution in [3.63, 3.8) is 0 Å². The maximum atomic E-state index is 12.3. The van der Waals surface area contributed by atoms with Crippen molar-refractivity contribution in [1.82, 2.24) is 19.4 Å². The SMILES string of the molecule is CCCCCNc1nc(N)nc2ccn(CC3C[C@H](OCC(=O)OCC(=O)N4CCOCC4)CCC3OC)c12. The lowest BCUT2D eigenvalue weighted by molar-refractivity contribution is -0.159. The molecule has 2 aromatic rings. The average molecular weight is 547 g/mol. The second kappa shape index (κ2) is 14.4. The van der Waals surface area contributed by atoms with E-state index >= 15 is 0 Å². The quantitative estimate of drug-likeness (QED) is 0.283. The van der Waals surface area contributed by atoms with E-state index in [1.54, 1.807) is 12.0 Å². The first-order chi connectivity index (χ1) is 19.0. The minimum absolute atomic E-state index is 0.0658. The average Bonchev–Trinajstić information content (AvgIpc) is 3.35. The highest BCUT2D eigenvalue weighted by atomic mass is 16.6. The van der Waals surface area contributed by atoms with Crippen LogP contribution in [0.15, 0.2) is 12.3 Å². The number of hydrogen-bond donors (Lipinski definition) is 2. The summed E-state index contributed by atoms with van der Waals surface area (Å²) in [6, 6.07) is 1.96. The Morgan fingerprint density at radius 1 is 1.18 bits per heavy atom. The number of esters is 1. The van der Waals surface area contributed by atoms with E-state index in [0.29, 0.717) is 32.8 Å². The number of methoxy groups -OCH3 is 1. The predicted octanol–water partition coefficient (Wildman–Crippen LogP) is 2.22. The van der Waals surface area contributed by atoms with Crippen LogP contribution in [0, 0.1) is 5.92 Å². The smallest absolute Gasteiger partial charge is 0.332 e. The van der Waals surface area contributed by atoms with Crippen LogP contribution in [-0.2, 0) is 35.1 Å². The summed E-state index contributed by atoms with van der Waals surface area (Å²) in [5.41, 5.74) is 7.69. The Labute approximate surface area is 229 Å². The summed E-state index contributed by atoms with van der Waals surface area (Å²) in [6.45, 7) is 5.27. The van der Waals surface area contributed by atoms with Crippen LogP contribution >= 0.6 is 0 Å². The second-order valence-electron chi connectivity index (χ2n) is 10.2. The van der Waals surface area contributed by atoms with Crippen LogP contribution in [0.2, 0.25) is 0 Å². The molecule has 1 aliphatic carbocycles. The van der Waals surface area contributed by atoms with Gasteiger partial charge in [0, 0.05) is 45.4 Å². The zero-order valence-electron chi connectivity index (χ0n) is 23.1. The number of nitrogens with two attached hydrogens (primary N) is 1. The van der Waals surface area contributed by atoms with E-state index in [1.807, 2.05) is 12.3 Å². The first kappa shape index (κ1) is 29.0. The van der Waals surface area contributed by atoms with Gasteiger partial charge < -0.3 is 39.5 Å². The number of fused-ring (bicyclic) bond motifs is 1. The molecule has 2 aromatic heterocycles. The van der Waals surface area contributed by atoms with Crippen molar-refractivity contribution in [2.45, 2.75) is 64.2 Å². The third kappa shape index (κ3) is 8.02. The largest absolute Gasteiger partial charge is 0.454 e. The molecular weight excluding hydrogens is 504 g/mol. The van der Waals surface area contributed by atoms with Crippen LogP contribution in [0.5, 0.6) is 0 Å². The molecule has 3 N–H and O–H groups in total. The summed E-state index contributed by atoms with van der Waals surface area (Å²) in [6.07, 6.45) is 7.65. The summed E-state index contributed by atoms with van der Waals surface area (Å²) in [5, 5.41) is 3.44. The lowest BCUT2D eigenvalue weighted by atomic mass is 9.84. The number of anilines is 2. The molecule has 1 saturated carbocycles. The van der Waals surface area contributed by atoms with Gasteiger partial charge in [0.2, 0.25) is 5.95 Å². The summed E-state index contributed by atoms with van der Waals surface area (Å²) < 4.78 is 24.3.